The molecule has 0 aliphatic carbocycles. The molecule has 0 fully saturated rings. The van der Waals surface area contributed by atoms with E-state index in [1.165, 1.54) is 0 Å². The van der Waals surface area contributed by atoms with Crippen LogP contribution in [0.5, 0.6) is 0 Å². The number of rotatable bonds is 8. The summed E-state index contributed by atoms with van der Waals surface area (Å²) in [4.78, 5) is 26.3. The van der Waals surface area contributed by atoms with Gasteiger partial charge < -0.3 is 15.0 Å². The molecule has 5 nitrogen and oxygen atoms in total. The highest BCUT2D eigenvalue weighted by Gasteiger charge is 2.09. The molecule has 0 atom stereocenters. The Bertz CT molecular complexity index is 686. The van der Waals surface area contributed by atoms with Gasteiger partial charge in [-0.1, -0.05) is 32.0 Å². The fourth-order valence-corrected chi connectivity index (χ4v) is 2.37. The Morgan fingerprint density at radius 2 is 1.54 bits per heavy atom. The van der Waals surface area contributed by atoms with Gasteiger partial charge in [-0.2, -0.15) is 0 Å². The number of carbonyl (C=O) groups excluding carboxylic acids is 2. The van der Waals surface area contributed by atoms with Gasteiger partial charge in [-0.15, -0.1) is 12.4 Å². The predicted octanol–water partition coefficient (Wildman–Crippen LogP) is 3.86. The Morgan fingerprint density at radius 3 is 2.12 bits per heavy atom. The number of halogens is 1. The minimum absolute atomic E-state index is 0. The number of nitrogens with zero attached hydrogens (tertiary/aromatic N) is 1. The Hall–Kier alpha value is -2.37. The summed E-state index contributed by atoms with van der Waals surface area (Å²) in [5, 5.41) is 2.80. The van der Waals surface area contributed by atoms with Crippen LogP contribution in [0.4, 0.5) is 5.69 Å². The molecule has 0 heterocycles. The molecule has 2 aromatic carbocycles. The average molecular weight is 377 g/mol. The van der Waals surface area contributed by atoms with Crippen molar-refractivity contribution in [1.82, 2.24) is 4.90 Å². The summed E-state index contributed by atoms with van der Waals surface area (Å²) < 4.78 is 5.28. The van der Waals surface area contributed by atoms with Crippen molar-refractivity contribution in [2.75, 3.05) is 31.6 Å². The number of carbonyl (C=O) groups is 2. The third-order valence-electron chi connectivity index (χ3n) is 3.95. The topological polar surface area (TPSA) is 58.6 Å². The van der Waals surface area contributed by atoms with E-state index < -0.39 is 0 Å². The third kappa shape index (κ3) is 6.50. The summed E-state index contributed by atoms with van der Waals surface area (Å²) >= 11 is 0. The van der Waals surface area contributed by atoms with E-state index in [2.05, 4.69) is 24.1 Å². The van der Waals surface area contributed by atoms with Crippen molar-refractivity contribution in [2.45, 2.75) is 13.8 Å². The van der Waals surface area contributed by atoms with Crippen LogP contribution in [0.3, 0.4) is 0 Å². The highest BCUT2D eigenvalue weighted by molar-refractivity contribution is 6.04. The van der Waals surface area contributed by atoms with Crippen molar-refractivity contribution in [3.05, 3.63) is 65.7 Å². The molecule has 0 aromatic heterocycles. The van der Waals surface area contributed by atoms with E-state index in [0.29, 0.717) is 23.4 Å². The van der Waals surface area contributed by atoms with Gasteiger partial charge in [-0.3, -0.25) is 4.79 Å². The number of anilines is 1. The minimum atomic E-state index is -0.354. The zero-order chi connectivity index (χ0) is 18.1. The van der Waals surface area contributed by atoms with Crippen LogP contribution in [0, 0.1) is 0 Å². The van der Waals surface area contributed by atoms with Crippen LogP contribution in [0.25, 0.3) is 0 Å². The second-order valence-electron chi connectivity index (χ2n) is 5.56. The van der Waals surface area contributed by atoms with E-state index in [1.54, 1.807) is 36.4 Å². The van der Waals surface area contributed by atoms with Gasteiger partial charge in [0, 0.05) is 17.8 Å². The first-order valence-electron chi connectivity index (χ1n) is 8.50. The van der Waals surface area contributed by atoms with Gasteiger partial charge >= 0.3 is 5.97 Å². The molecule has 0 radical (unpaired) electrons. The molecule has 0 unspecified atom stereocenters. The molecular formula is C20H25ClN2O3. The smallest absolute Gasteiger partial charge is 0.338 e. The lowest BCUT2D eigenvalue weighted by atomic mass is 10.2. The fourth-order valence-electron chi connectivity index (χ4n) is 2.37. The summed E-state index contributed by atoms with van der Waals surface area (Å²) in [6, 6.07) is 15.7. The van der Waals surface area contributed by atoms with Gasteiger partial charge in [0.15, 0.2) is 0 Å². The van der Waals surface area contributed by atoms with E-state index in [0.717, 1.165) is 19.6 Å². The summed E-state index contributed by atoms with van der Waals surface area (Å²) in [5.74, 6) is -0.539. The normalized spacial score (nSPS) is 10.1. The number of likely N-dealkylation sites (N-methyl/N-ethyl adjacent to an activating group) is 1. The predicted molar refractivity (Wildman–Crippen MR) is 106 cm³/mol. The number of benzene rings is 2. The standard InChI is InChI=1S/C20H24N2O3.ClH/c1-3-22(4-2)14-15-25-20(24)17-10-12-18(13-11-17)21-19(23)16-8-6-5-7-9-16;/h5-13H,3-4,14-15H2,1-2H3,(H,21,23);1H. The number of esters is 1. The quantitative estimate of drug-likeness (QED) is 0.711. The fraction of sp³-hybridized carbons (Fsp3) is 0.300. The zero-order valence-corrected chi connectivity index (χ0v) is 15.9. The van der Waals surface area contributed by atoms with Gasteiger partial charge in [0.05, 0.1) is 5.56 Å². The van der Waals surface area contributed by atoms with Crippen molar-refractivity contribution in [3.8, 4) is 0 Å². The molecular weight excluding hydrogens is 352 g/mol. The number of amides is 1. The average Bonchev–Trinajstić information content (AvgIpc) is 2.66. The van der Waals surface area contributed by atoms with Crippen LogP contribution in [-0.4, -0.2) is 43.0 Å². The van der Waals surface area contributed by atoms with Gasteiger partial charge in [-0.25, -0.2) is 4.79 Å². The van der Waals surface area contributed by atoms with Crippen LogP contribution in [0.2, 0.25) is 0 Å². The Morgan fingerprint density at radius 1 is 0.923 bits per heavy atom. The summed E-state index contributed by atoms with van der Waals surface area (Å²) in [6.07, 6.45) is 0. The maximum absolute atomic E-state index is 12.1. The highest BCUT2D eigenvalue weighted by atomic mass is 35.5. The highest BCUT2D eigenvalue weighted by Crippen LogP contribution is 2.12. The SMILES string of the molecule is CCN(CC)CCOC(=O)c1ccc(NC(=O)c2ccccc2)cc1.Cl. The summed E-state index contributed by atoms with van der Waals surface area (Å²) in [6.45, 7) is 7.12. The molecule has 140 valence electrons. The number of ether oxygens (including phenoxy) is 1. The van der Waals surface area contributed by atoms with Gasteiger partial charge in [0.2, 0.25) is 0 Å². The second-order valence-corrected chi connectivity index (χ2v) is 5.56. The van der Waals surface area contributed by atoms with Crippen LogP contribution in [0.1, 0.15) is 34.6 Å². The molecule has 0 bridgehead atoms. The van der Waals surface area contributed by atoms with Crippen molar-refractivity contribution < 1.29 is 14.3 Å². The molecule has 1 amide bonds. The van der Waals surface area contributed by atoms with E-state index in [4.69, 9.17) is 4.74 Å². The van der Waals surface area contributed by atoms with Gasteiger partial charge in [0.25, 0.3) is 5.91 Å². The molecule has 2 rings (SSSR count). The van der Waals surface area contributed by atoms with Crippen LogP contribution >= 0.6 is 12.4 Å². The third-order valence-corrected chi connectivity index (χ3v) is 3.95. The summed E-state index contributed by atoms with van der Waals surface area (Å²) in [7, 11) is 0. The van der Waals surface area contributed by atoms with Crippen molar-refractivity contribution in [3.63, 3.8) is 0 Å². The van der Waals surface area contributed by atoms with E-state index in [1.807, 2.05) is 18.2 Å². The van der Waals surface area contributed by atoms with E-state index in [-0.39, 0.29) is 24.3 Å². The monoisotopic (exact) mass is 376 g/mol. The van der Waals surface area contributed by atoms with Gasteiger partial charge in [-0.05, 0) is 49.5 Å². The first kappa shape index (κ1) is 21.7. The lowest BCUT2D eigenvalue weighted by Gasteiger charge is -2.17. The van der Waals surface area contributed by atoms with E-state index >= 15 is 0 Å². The second kappa shape index (κ2) is 11.3. The molecule has 26 heavy (non-hydrogen) atoms. The Balaban J connectivity index is 0.00000338. The van der Waals surface area contributed by atoms with Crippen LogP contribution in [-0.2, 0) is 4.74 Å². The molecule has 1 N–H and O–H groups in total. The molecule has 0 aliphatic heterocycles. The van der Waals surface area contributed by atoms with Crippen LogP contribution in [0.15, 0.2) is 54.6 Å². The molecule has 0 spiro atoms. The molecule has 0 saturated carbocycles. The zero-order valence-electron chi connectivity index (χ0n) is 15.1. The van der Waals surface area contributed by atoms with Gasteiger partial charge in [0.1, 0.15) is 6.61 Å². The maximum Gasteiger partial charge on any atom is 0.338 e. The Kier molecular flexibility index (Phi) is 9.41. The number of nitrogens with one attached hydrogen (secondary N) is 1. The molecule has 0 saturated heterocycles. The summed E-state index contributed by atoms with van der Waals surface area (Å²) in [5.41, 5.74) is 1.69. The first-order chi connectivity index (χ1) is 12.1. The Labute approximate surface area is 160 Å². The maximum atomic E-state index is 12.1. The van der Waals surface area contributed by atoms with Crippen molar-refractivity contribution in [1.29, 1.82) is 0 Å². The van der Waals surface area contributed by atoms with Crippen LogP contribution < -0.4 is 5.32 Å². The minimum Gasteiger partial charge on any atom is -0.461 e. The number of hydrogen-bond donors (Lipinski definition) is 1. The largest absolute Gasteiger partial charge is 0.461 e. The number of hydrogen-bond acceptors (Lipinski definition) is 4. The van der Waals surface area contributed by atoms with Crippen molar-refractivity contribution in [2.24, 2.45) is 0 Å². The molecule has 0 aliphatic rings. The van der Waals surface area contributed by atoms with E-state index in [9.17, 15) is 9.59 Å². The van der Waals surface area contributed by atoms with Crippen molar-refractivity contribution >= 4 is 30.0 Å². The first-order valence-corrected chi connectivity index (χ1v) is 8.50. The molecule has 6 heteroatoms. The lowest BCUT2D eigenvalue weighted by Crippen LogP contribution is -2.27. The lowest BCUT2D eigenvalue weighted by molar-refractivity contribution is 0.0466. The molecule has 2 aromatic rings.